The van der Waals surface area contributed by atoms with Crippen molar-refractivity contribution in [2.75, 3.05) is 6.67 Å². The van der Waals surface area contributed by atoms with E-state index >= 15 is 0 Å². The maximum Gasteiger partial charge on any atom is 0.292 e. The van der Waals surface area contributed by atoms with Crippen molar-refractivity contribution in [3.63, 3.8) is 0 Å². The summed E-state index contributed by atoms with van der Waals surface area (Å²) in [5.41, 5.74) is -0.670. The minimum absolute atomic E-state index is 0.0735. The van der Waals surface area contributed by atoms with Crippen LogP contribution in [0.25, 0.3) is 0 Å². The van der Waals surface area contributed by atoms with Gasteiger partial charge in [0.15, 0.2) is 0 Å². The minimum atomic E-state index is -1.36. The number of fused-ring (bicyclic) bond motifs is 1. The fourth-order valence-electron chi connectivity index (χ4n) is 3.35. The third-order valence-corrected chi connectivity index (χ3v) is 5.17. The summed E-state index contributed by atoms with van der Waals surface area (Å²) in [6.45, 7) is -0.870. The molecule has 1 N–H and O–H groups in total. The molecule has 0 saturated heterocycles. The SMILES string of the molecule is O=C(NC1=N[C@](CF)(c2cccc(F)c2Cl)[C@H]2CC2O1)c1ccccc1. The lowest BCUT2D eigenvalue weighted by Crippen LogP contribution is -2.43. The summed E-state index contributed by atoms with van der Waals surface area (Å²) in [4.78, 5) is 16.7. The lowest BCUT2D eigenvalue weighted by atomic mass is 9.86. The highest BCUT2D eigenvalue weighted by molar-refractivity contribution is 6.31. The molecular formula is C19H15ClF2N2O2. The first-order valence-corrected chi connectivity index (χ1v) is 8.56. The van der Waals surface area contributed by atoms with Crippen LogP contribution in [0.15, 0.2) is 53.5 Å². The number of rotatable bonds is 3. The van der Waals surface area contributed by atoms with Crippen LogP contribution in [-0.2, 0) is 10.3 Å². The molecule has 2 aromatic rings. The molecule has 2 aliphatic rings. The van der Waals surface area contributed by atoms with Gasteiger partial charge in [0.2, 0.25) is 0 Å². The molecule has 1 amide bonds. The van der Waals surface area contributed by atoms with E-state index in [0.29, 0.717) is 12.0 Å². The molecule has 0 bridgehead atoms. The molecule has 3 atom stereocenters. The quantitative estimate of drug-likeness (QED) is 0.884. The second-order valence-corrected chi connectivity index (χ2v) is 6.77. The van der Waals surface area contributed by atoms with Gasteiger partial charge >= 0.3 is 0 Å². The summed E-state index contributed by atoms with van der Waals surface area (Å²) in [7, 11) is 0. The highest BCUT2D eigenvalue weighted by Crippen LogP contribution is 2.54. The van der Waals surface area contributed by atoms with E-state index in [2.05, 4.69) is 10.3 Å². The molecule has 1 aliphatic carbocycles. The second kappa shape index (κ2) is 6.36. The number of amidine groups is 1. The molecule has 7 heteroatoms. The number of hydrogen-bond donors (Lipinski definition) is 1. The molecule has 1 aliphatic heterocycles. The van der Waals surface area contributed by atoms with Gasteiger partial charge in [-0.2, -0.15) is 0 Å². The molecule has 0 radical (unpaired) electrons. The zero-order chi connectivity index (χ0) is 18.3. The van der Waals surface area contributed by atoms with E-state index in [0.717, 1.165) is 0 Å². The molecule has 0 aromatic heterocycles. The lowest BCUT2D eigenvalue weighted by Gasteiger charge is -2.32. The number of benzene rings is 2. The summed E-state index contributed by atoms with van der Waals surface area (Å²) >= 11 is 6.09. The summed E-state index contributed by atoms with van der Waals surface area (Å²) in [5.74, 6) is -1.29. The zero-order valence-electron chi connectivity index (χ0n) is 13.6. The Morgan fingerprint density at radius 1 is 1.27 bits per heavy atom. The molecule has 26 heavy (non-hydrogen) atoms. The first kappa shape index (κ1) is 17.0. The maximum atomic E-state index is 14.2. The molecule has 1 fully saturated rings. The third-order valence-electron chi connectivity index (χ3n) is 4.79. The van der Waals surface area contributed by atoms with E-state index in [1.165, 1.54) is 12.1 Å². The largest absolute Gasteiger partial charge is 0.461 e. The highest BCUT2D eigenvalue weighted by Gasteiger charge is 2.60. The van der Waals surface area contributed by atoms with Crippen molar-refractivity contribution < 1.29 is 18.3 Å². The topological polar surface area (TPSA) is 50.7 Å². The van der Waals surface area contributed by atoms with Crippen molar-refractivity contribution in [3.8, 4) is 0 Å². The Kier molecular flexibility index (Phi) is 4.15. The van der Waals surface area contributed by atoms with Crippen LogP contribution < -0.4 is 5.32 Å². The number of ether oxygens (including phenoxy) is 1. The van der Waals surface area contributed by atoms with Crippen molar-refractivity contribution in [2.45, 2.75) is 18.1 Å². The van der Waals surface area contributed by atoms with E-state index in [9.17, 15) is 13.6 Å². The maximum absolute atomic E-state index is 14.2. The molecule has 1 unspecified atom stereocenters. The van der Waals surface area contributed by atoms with Crippen LogP contribution in [0.2, 0.25) is 5.02 Å². The fraction of sp³-hybridized carbons (Fsp3) is 0.263. The Morgan fingerprint density at radius 3 is 2.77 bits per heavy atom. The van der Waals surface area contributed by atoms with E-state index in [1.807, 2.05) is 0 Å². The van der Waals surface area contributed by atoms with Crippen molar-refractivity contribution >= 4 is 23.5 Å². The van der Waals surface area contributed by atoms with Gasteiger partial charge in [0.25, 0.3) is 11.9 Å². The van der Waals surface area contributed by atoms with Gasteiger partial charge < -0.3 is 4.74 Å². The van der Waals surface area contributed by atoms with Gasteiger partial charge in [-0.25, -0.2) is 13.8 Å². The van der Waals surface area contributed by atoms with Crippen LogP contribution in [0.1, 0.15) is 22.3 Å². The molecule has 0 spiro atoms. The number of nitrogens with one attached hydrogen (secondary N) is 1. The van der Waals surface area contributed by atoms with Gasteiger partial charge in [-0.3, -0.25) is 10.1 Å². The van der Waals surface area contributed by atoms with Gasteiger partial charge in [0, 0.05) is 17.0 Å². The fourth-order valence-corrected chi connectivity index (χ4v) is 3.64. The van der Waals surface area contributed by atoms with Gasteiger partial charge in [-0.05, 0) is 24.6 Å². The van der Waals surface area contributed by atoms with Crippen molar-refractivity contribution in [2.24, 2.45) is 10.9 Å². The lowest BCUT2D eigenvalue weighted by molar-refractivity contribution is 0.0951. The van der Waals surface area contributed by atoms with E-state index < -0.39 is 23.9 Å². The number of hydrogen-bond acceptors (Lipinski definition) is 3. The summed E-state index contributed by atoms with van der Waals surface area (Å²) < 4.78 is 33.7. The number of carbonyl (C=O) groups is 1. The number of amides is 1. The Balaban J connectivity index is 1.70. The molecule has 1 saturated carbocycles. The number of aliphatic imine (C=N–C) groups is 1. The van der Waals surface area contributed by atoms with Crippen molar-refractivity contribution in [1.82, 2.24) is 5.32 Å². The Bertz CT molecular complexity index is 890. The predicted molar refractivity (Wildman–Crippen MR) is 93.4 cm³/mol. The Labute approximate surface area is 153 Å². The van der Waals surface area contributed by atoms with E-state index in [-0.39, 0.29) is 28.6 Å². The molecule has 4 nitrogen and oxygen atoms in total. The third kappa shape index (κ3) is 2.74. The van der Waals surface area contributed by atoms with Gasteiger partial charge in [-0.15, -0.1) is 0 Å². The van der Waals surface area contributed by atoms with Gasteiger partial charge in [-0.1, -0.05) is 41.9 Å². The second-order valence-electron chi connectivity index (χ2n) is 6.39. The average molecular weight is 377 g/mol. The number of alkyl halides is 1. The van der Waals surface area contributed by atoms with Crippen LogP contribution >= 0.6 is 11.6 Å². The van der Waals surface area contributed by atoms with E-state index in [1.54, 1.807) is 36.4 Å². The summed E-state index contributed by atoms with van der Waals surface area (Å²) in [6.07, 6.45) is 0.277. The average Bonchev–Trinajstić information content (AvgIpc) is 3.44. The Morgan fingerprint density at radius 2 is 2.04 bits per heavy atom. The Hall–Kier alpha value is -2.47. The van der Waals surface area contributed by atoms with Crippen molar-refractivity contribution in [1.29, 1.82) is 0 Å². The number of halogens is 3. The molecular weight excluding hydrogens is 362 g/mol. The van der Waals surface area contributed by atoms with E-state index in [4.69, 9.17) is 16.3 Å². The first-order valence-electron chi connectivity index (χ1n) is 8.18. The van der Waals surface area contributed by atoms with Crippen LogP contribution in [0.4, 0.5) is 8.78 Å². The summed E-state index contributed by atoms with van der Waals surface area (Å²) in [5, 5.41) is 2.41. The number of carbonyl (C=O) groups excluding carboxylic acids is 1. The predicted octanol–water partition coefficient (Wildman–Crippen LogP) is 3.85. The van der Waals surface area contributed by atoms with Crippen LogP contribution in [0, 0.1) is 11.7 Å². The smallest absolute Gasteiger partial charge is 0.292 e. The van der Waals surface area contributed by atoms with Gasteiger partial charge in [0.1, 0.15) is 24.1 Å². The molecule has 1 heterocycles. The molecule has 2 aromatic carbocycles. The summed E-state index contributed by atoms with van der Waals surface area (Å²) in [6, 6.07) is 12.7. The standard InChI is InChI=1S/C19H15ClF2N2O2/c20-16-12(7-4-8-14(16)22)19(10-21)13-9-15(13)26-18(24-19)23-17(25)11-5-2-1-3-6-11/h1-8,13,15H,9-10H2,(H,23,24,25)/t13-,15?,19+/m0/s1. The van der Waals surface area contributed by atoms with Gasteiger partial charge in [0.05, 0.1) is 5.02 Å². The monoisotopic (exact) mass is 376 g/mol. The first-order chi connectivity index (χ1) is 12.5. The molecule has 134 valence electrons. The molecule has 4 rings (SSSR count). The van der Waals surface area contributed by atoms with Crippen LogP contribution in [0.3, 0.4) is 0 Å². The number of nitrogens with zero attached hydrogens (tertiary/aromatic N) is 1. The van der Waals surface area contributed by atoms with Crippen LogP contribution in [0.5, 0.6) is 0 Å². The normalized spacial score (nSPS) is 26.3. The highest BCUT2D eigenvalue weighted by atomic mass is 35.5. The van der Waals surface area contributed by atoms with Crippen LogP contribution in [-0.4, -0.2) is 24.7 Å². The minimum Gasteiger partial charge on any atom is -0.461 e. The zero-order valence-corrected chi connectivity index (χ0v) is 14.3. The van der Waals surface area contributed by atoms with Crippen molar-refractivity contribution in [3.05, 3.63) is 70.5 Å².